The van der Waals surface area contributed by atoms with Crippen molar-refractivity contribution in [3.05, 3.63) is 82.7 Å². The Bertz CT molecular complexity index is 1650. The summed E-state index contributed by atoms with van der Waals surface area (Å²) < 4.78 is 27.6. The molecule has 11 heteroatoms. The molecular weight excluding hydrogens is 515 g/mol. The Kier molecular flexibility index (Phi) is 7.02. The standard InChI is InChI=1S/C29H27FN6O4/c30-22-12-18(14-31)4-5-20(22)17-40-27-3-1-2-23(33-27)19-6-9-35(10-7-19)16-26-32-24-13-25(29(37)38)34-28(24)36(26)15-21-8-11-39-21/h1-6,12-13,21,34H,7-11,15-17H2,(H,37,38)/t21-/m0/s1. The van der Waals surface area contributed by atoms with E-state index in [2.05, 4.69) is 20.9 Å². The molecule has 2 aliphatic heterocycles. The first-order chi connectivity index (χ1) is 19.5. The predicted molar refractivity (Wildman–Crippen MR) is 143 cm³/mol. The van der Waals surface area contributed by atoms with Crippen LogP contribution in [0.4, 0.5) is 4.39 Å². The average Bonchev–Trinajstić information content (AvgIpc) is 3.49. The Morgan fingerprint density at radius 2 is 2.15 bits per heavy atom. The van der Waals surface area contributed by atoms with Crippen molar-refractivity contribution in [1.29, 1.82) is 5.26 Å². The van der Waals surface area contributed by atoms with Gasteiger partial charge in [0.05, 0.1) is 36.5 Å². The van der Waals surface area contributed by atoms with Gasteiger partial charge in [0.2, 0.25) is 5.88 Å². The Labute approximate surface area is 229 Å². The summed E-state index contributed by atoms with van der Waals surface area (Å²) in [5.41, 5.74) is 4.02. The summed E-state index contributed by atoms with van der Waals surface area (Å²) >= 11 is 0. The molecule has 5 heterocycles. The van der Waals surface area contributed by atoms with E-state index in [1.54, 1.807) is 24.3 Å². The number of aromatic carboxylic acids is 1. The maximum atomic E-state index is 14.2. The molecule has 4 aromatic rings. The highest BCUT2D eigenvalue weighted by Crippen LogP contribution is 2.26. The number of rotatable bonds is 9. The third-order valence-corrected chi connectivity index (χ3v) is 7.29. The van der Waals surface area contributed by atoms with E-state index in [0.717, 1.165) is 43.1 Å². The van der Waals surface area contributed by atoms with Crippen LogP contribution in [0.5, 0.6) is 5.88 Å². The van der Waals surface area contributed by atoms with Gasteiger partial charge in [-0.15, -0.1) is 0 Å². The highest BCUT2D eigenvalue weighted by Gasteiger charge is 2.25. The summed E-state index contributed by atoms with van der Waals surface area (Å²) in [6, 6.07) is 13.3. The van der Waals surface area contributed by atoms with Crippen molar-refractivity contribution in [2.45, 2.75) is 38.6 Å². The SMILES string of the molecule is N#Cc1ccc(COc2cccc(C3=CCN(Cc4nc5cc(C(=O)O)[nH]c5n4C[C@@H]4CCO4)CC3)n2)c(F)c1. The fraction of sp³-hybridized carbons (Fsp3) is 0.310. The molecule has 10 nitrogen and oxygen atoms in total. The third-order valence-electron chi connectivity index (χ3n) is 7.29. The lowest BCUT2D eigenvalue weighted by molar-refractivity contribution is -0.0592. The van der Waals surface area contributed by atoms with Crippen LogP contribution in [0, 0.1) is 17.1 Å². The van der Waals surface area contributed by atoms with Crippen molar-refractivity contribution in [3.8, 4) is 11.9 Å². The number of hydrogen-bond acceptors (Lipinski definition) is 7. The van der Waals surface area contributed by atoms with E-state index >= 15 is 0 Å². The van der Waals surface area contributed by atoms with Crippen LogP contribution in [-0.4, -0.2) is 61.3 Å². The van der Waals surface area contributed by atoms with Gasteiger partial charge < -0.3 is 24.1 Å². The number of carboxylic acids is 1. The number of ether oxygens (including phenoxy) is 2. The first-order valence-electron chi connectivity index (χ1n) is 13.1. The number of fused-ring (bicyclic) bond motifs is 1. The molecule has 0 spiro atoms. The molecule has 204 valence electrons. The van der Waals surface area contributed by atoms with Crippen LogP contribution < -0.4 is 4.74 Å². The lowest BCUT2D eigenvalue weighted by Crippen LogP contribution is -2.33. The van der Waals surface area contributed by atoms with E-state index in [1.165, 1.54) is 6.07 Å². The van der Waals surface area contributed by atoms with Crippen molar-refractivity contribution in [2.24, 2.45) is 0 Å². The predicted octanol–water partition coefficient (Wildman–Crippen LogP) is 4.13. The maximum Gasteiger partial charge on any atom is 0.352 e. The molecule has 2 N–H and O–H groups in total. The van der Waals surface area contributed by atoms with Crippen molar-refractivity contribution >= 4 is 22.7 Å². The summed E-state index contributed by atoms with van der Waals surface area (Å²) in [5.74, 6) is -0.218. The first kappa shape index (κ1) is 25.7. The molecule has 0 aliphatic carbocycles. The average molecular weight is 543 g/mol. The van der Waals surface area contributed by atoms with Gasteiger partial charge in [-0.3, -0.25) is 4.90 Å². The number of aromatic amines is 1. The number of aromatic nitrogens is 4. The van der Waals surface area contributed by atoms with Gasteiger partial charge in [-0.05, 0) is 42.7 Å². The zero-order valence-corrected chi connectivity index (χ0v) is 21.6. The van der Waals surface area contributed by atoms with E-state index in [0.29, 0.717) is 42.2 Å². The number of nitriles is 1. The number of pyridine rings is 1. The van der Waals surface area contributed by atoms with E-state index in [-0.39, 0.29) is 24.0 Å². The molecule has 0 amide bonds. The van der Waals surface area contributed by atoms with Crippen molar-refractivity contribution < 1.29 is 23.8 Å². The number of hydrogen-bond donors (Lipinski definition) is 2. The molecule has 0 unspecified atom stereocenters. The third kappa shape index (κ3) is 5.32. The van der Waals surface area contributed by atoms with Crippen molar-refractivity contribution in [3.63, 3.8) is 0 Å². The Morgan fingerprint density at radius 3 is 2.85 bits per heavy atom. The molecular formula is C29H27FN6O4. The van der Waals surface area contributed by atoms with Crippen molar-refractivity contribution in [2.75, 3.05) is 19.7 Å². The molecule has 40 heavy (non-hydrogen) atoms. The number of H-pyrrole nitrogens is 1. The second-order valence-corrected chi connectivity index (χ2v) is 9.92. The number of nitrogens with one attached hydrogen (secondary N) is 1. The van der Waals surface area contributed by atoms with E-state index in [4.69, 9.17) is 19.7 Å². The van der Waals surface area contributed by atoms with Gasteiger partial charge in [0, 0.05) is 31.3 Å². The van der Waals surface area contributed by atoms with E-state index < -0.39 is 11.8 Å². The van der Waals surface area contributed by atoms with Crippen LogP contribution in [0.3, 0.4) is 0 Å². The molecule has 1 atom stereocenters. The van der Waals surface area contributed by atoms with Crippen LogP contribution in [0.25, 0.3) is 16.7 Å². The summed E-state index contributed by atoms with van der Waals surface area (Å²) in [4.78, 5) is 26.1. The smallest absolute Gasteiger partial charge is 0.352 e. The molecule has 1 saturated heterocycles. The summed E-state index contributed by atoms with van der Waals surface area (Å²) in [6.07, 6.45) is 4.01. The minimum atomic E-state index is -1.01. The van der Waals surface area contributed by atoms with Gasteiger partial charge in [0.1, 0.15) is 35.1 Å². The van der Waals surface area contributed by atoms with E-state index in [9.17, 15) is 14.3 Å². The molecule has 6 rings (SSSR count). The highest BCUT2D eigenvalue weighted by atomic mass is 19.1. The zero-order valence-electron chi connectivity index (χ0n) is 21.6. The highest BCUT2D eigenvalue weighted by molar-refractivity contribution is 5.91. The van der Waals surface area contributed by atoms with Gasteiger partial charge in [-0.1, -0.05) is 18.2 Å². The number of carbonyl (C=O) groups is 1. The first-order valence-corrected chi connectivity index (χ1v) is 13.1. The summed E-state index contributed by atoms with van der Waals surface area (Å²) in [6.45, 7) is 3.52. The van der Waals surface area contributed by atoms with Gasteiger partial charge in [-0.2, -0.15) is 5.26 Å². The number of benzene rings is 1. The Balaban J connectivity index is 1.12. The topological polar surface area (TPSA) is 129 Å². The normalized spacial score (nSPS) is 17.3. The monoisotopic (exact) mass is 542 g/mol. The number of carboxylic acid groups (broad SMARTS) is 1. The molecule has 2 aliphatic rings. The minimum Gasteiger partial charge on any atom is -0.477 e. The van der Waals surface area contributed by atoms with Crippen LogP contribution in [0.15, 0.2) is 48.5 Å². The maximum absolute atomic E-state index is 14.2. The van der Waals surface area contributed by atoms with Gasteiger partial charge in [-0.25, -0.2) is 19.2 Å². The number of imidazole rings is 1. The number of halogens is 1. The minimum absolute atomic E-state index is 0.0152. The summed E-state index contributed by atoms with van der Waals surface area (Å²) in [5, 5.41) is 18.3. The van der Waals surface area contributed by atoms with Crippen LogP contribution in [0.1, 0.15) is 46.0 Å². The fourth-order valence-electron chi connectivity index (χ4n) is 4.96. The Morgan fingerprint density at radius 1 is 1.27 bits per heavy atom. The largest absolute Gasteiger partial charge is 0.477 e. The lowest BCUT2D eigenvalue weighted by atomic mass is 10.0. The fourth-order valence-corrected chi connectivity index (χ4v) is 4.96. The molecule has 1 fully saturated rings. The quantitative estimate of drug-likeness (QED) is 0.323. The number of nitrogens with zero attached hydrogens (tertiary/aromatic N) is 5. The van der Waals surface area contributed by atoms with Crippen molar-refractivity contribution in [1.82, 2.24) is 24.4 Å². The van der Waals surface area contributed by atoms with Gasteiger partial charge in [0.25, 0.3) is 0 Å². The zero-order chi connectivity index (χ0) is 27.6. The van der Waals surface area contributed by atoms with Crippen LogP contribution in [0.2, 0.25) is 0 Å². The van der Waals surface area contributed by atoms with Crippen LogP contribution in [-0.2, 0) is 24.4 Å². The molecule has 0 radical (unpaired) electrons. The molecule has 1 aromatic carbocycles. The lowest BCUT2D eigenvalue weighted by Gasteiger charge is -2.29. The summed E-state index contributed by atoms with van der Waals surface area (Å²) in [7, 11) is 0. The molecule has 0 saturated carbocycles. The Hall–Kier alpha value is -4.53. The van der Waals surface area contributed by atoms with Gasteiger partial charge in [0.15, 0.2) is 0 Å². The van der Waals surface area contributed by atoms with Crippen LogP contribution >= 0.6 is 0 Å². The van der Waals surface area contributed by atoms with E-state index in [1.807, 2.05) is 22.8 Å². The molecule has 0 bridgehead atoms. The molecule has 3 aromatic heterocycles. The second kappa shape index (κ2) is 10.9. The second-order valence-electron chi connectivity index (χ2n) is 9.92. The van der Waals surface area contributed by atoms with Gasteiger partial charge >= 0.3 is 5.97 Å².